The van der Waals surface area contributed by atoms with E-state index < -0.39 is 0 Å². The molecule has 1 saturated heterocycles. The normalized spacial score (nSPS) is 14.8. The van der Waals surface area contributed by atoms with Gasteiger partial charge in [0.05, 0.1) is 11.1 Å². The first-order valence-electron chi connectivity index (χ1n) is 9.25. The van der Waals surface area contributed by atoms with Gasteiger partial charge in [0.2, 0.25) is 0 Å². The largest absolute Gasteiger partial charge is 0.371 e. The number of pyridine rings is 1. The highest BCUT2D eigenvalue weighted by molar-refractivity contribution is 5.75. The van der Waals surface area contributed by atoms with Crippen molar-refractivity contribution in [3.8, 4) is 11.4 Å². The van der Waals surface area contributed by atoms with E-state index in [-0.39, 0.29) is 5.41 Å². The highest BCUT2D eigenvalue weighted by Crippen LogP contribution is 2.35. The van der Waals surface area contributed by atoms with Gasteiger partial charge in [-0.15, -0.1) is 10.2 Å². The molecule has 0 bridgehead atoms. The second-order valence-electron chi connectivity index (χ2n) is 7.46. The van der Waals surface area contributed by atoms with E-state index in [1.165, 1.54) is 18.5 Å². The Morgan fingerprint density at radius 1 is 0.923 bits per heavy atom. The molecule has 0 unspecified atom stereocenters. The van der Waals surface area contributed by atoms with E-state index in [9.17, 15) is 0 Å². The van der Waals surface area contributed by atoms with E-state index in [1.807, 2.05) is 24.4 Å². The Morgan fingerprint density at radius 3 is 2.38 bits per heavy atom. The Kier molecular flexibility index (Phi) is 4.23. The molecule has 26 heavy (non-hydrogen) atoms. The minimum Gasteiger partial charge on any atom is -0.371 e. The summed E-state index contributed by atoms with van der Waals surface area (Å²) in [5.74, 6) is 1.83. The minimum absolute atomic E-state index is 0.316. The fraction of sp³-hybridized carbons (Fsp3) is 0.381. The molecule has 134 valence electrons. The zero-order valence-corrected chi connectivity index (χ0v) is 15.7. The van der Waals surface area contributed by atoms with Gasteiger partial charge in [0, 0.05) is 37.6 Å². The summed E-state index contributed by atoms with van der Waals surface area (Å²) in [6.45, 7) is 6.52. The average molecular weight is 347 g/mol. The molecule has 1 aromatic carbocycles. The number of nitrogens with zero attached hydrogens (tertiary/aromatic N) is 5. The molecule has 0 spiro atoms. The van der Waals surface area contributed by atoms with Crippen molar-refractivity contribution < 1.29 is 0 Å². The van der Waals surface area contributed by atoms with Gasteiger partial charge in [0.15, 0.2) is 5.82 Å². The second kappa shape index (κ2) is 6.56. The van der Waals surface area contributed by atoms with E-state index >= 15 is 0 Å². The molecule has 0 radical (unpaired) electrons. The second-order valence-corrected chi connectivity index (χ2v) is 7.46. The van der Waals surface area contributed by atoms with Crippen LogP contribution in [0.25, 0.3) is 11.4 Å². The first kappa shape index (κ1) is 16.8. The van der Waals surface area contributed by atoms with Crippen LogP contribution >= 0.6 is 0 Å². The summed E-state index contributed by atoms with van der Waals surface area (Å²) >= 11 is 0. The van der Waals surface area contributed by atoms with Crippen LogP contribution in [0.1, 0.15) is 38.2 Å². The predicted octanol–water partition coefficient (Wildman–Crippen LogP) is 3.80. The van der Waals surface area contributed by atoms with E-state index in [0.29, 0.717) is 0 Å². The van der Waals surface area contributed by atoms with Gasteiger partial charge in [-0.1, -0.05) is 18.2 Å². The number of hydrogen-bond donors (Lipinski definition) is 0. The summed E-state index contributed by atoms with van der Waals surface area (Å²) in [7, 11) is 2.05. The Labute approximate surface area is 154 Å². The van der Waals surface area contributed by atoms with Crippen LogP contribution < -0.4 is 4.90 Å². The molecule has 0 atom stereocenters. The van der Waals surface area contributed by atoms with Crippen molar-refractivity contribution in [3.63, 3.8) is 0 Å². The maximum absolute atomic E-state index is 4.57. The molecule has 1 fully saturated rings. The molecule has 0 amide bonds. The number of benzene rings is 1. The van der Waals surface area contributed by atoms with Gasteiger partial charge in [-0.05, 0) is 51.0 Å². The van der Waals surface area contributed by atoms with Gasteiger partial charge in [-0.3, -0.25) is 4.98 Å². The molecular formula is C21H25N5. The highest BCUT2D eigenvalue weighted by Gasteiger charge is 2.31. The van der Waals surface area contributed by atoms with E-state index in [1.54, 1.807) is 0 Å². The molecule has 0 N–H and O–H groups in total. The minimum atomic E-state index is -0.316. The SMILES string of the molecule is Cn1c(-c2ccccc2N2CCCC2)nnc1C(C)(C)c1ccccn1. The van der Waals surface area contributed by atoms with Crippen molar-refractivity contribution in [1.82, 2.24) is 19.7 Å². The monoisotopic (exact) mass is 347 g/mol. The van der Waals surface area contributed by atoms with Gasteiger partial charge in [-0.2, -0.15) is 0 Å². The molecule has 1 aliphatic rings. The molecular weight excluding hydrogens is 322 g/mol. The fourth-order valence-electron chi connectivity index (χ4n) is 3.85. The van der Waals surface area contributed by atoms with Gasteiger partial charge in [0.1, 0.15) is 5.82 Å². The first-order valence-corrected chi connectivity index (χ1v) is 9.25. The summed E-state index contributed by atoms with van der Waals surface area (Å²) in [6.07, 6.45) is 4.34. The number of aromatic nitrogens is 4. The van der Waals surface area contributed by atoms with Crippen LogP contribution in [-0.4, -0.2) is 32.8 Å². The van der Waals surface area contributed by atoms with Crippen molar-refractivity contribution in [2.45, 2.75) is 32.1 Å². The summed E-state index contributed by atoms with van der Waals surface area (Å²) in [6, 6.07) is 14.5. The maximum Gasteiger partial charge on any atom is 0.165 e. The lowest BCUT2D eigenvalue weighted by Gasteiger charge is -2.24. The van der Waals surface area contributed by atoms with Crippen LogP contribution in [-0.2, 0) is 12.5 Å². The number of anilines is 1. The third-order valence-corrected chi connectivity index (χ3v) is 5.33. The lowest BCUT2D eigenvalue weighted by molar-refractivity contribution is 0.545. The van der Waals surface area contributed by atoms with Crippen LogP contribution in [0.5, 0.6) is 0 Å². The van der Waals surface area contributed by atoms with Crippen molar-refractivity contribution in [1.29, 1.82) is 0 Å². The summed E-state index contributed by atoms with van der Waals surface area (Å²) < 4.78 is 2.11. The molecule has 3 heterocycles. The summed E-state index contributed by atoms with van der Waals surface area (Å²) in [5.41, 5.74) is 3.08. The van der Waals surface area contributed by atoms with Crippen LogP contribution in [0.3, 0.4) is 0 Å². The lowest BCUT2D eigenvalue weighted by Crippen LogP contribution is -2.25. The third kappa shape index (κ3) is 2.77. The Hall–Kier alpha value is -2.69. The molecule has 4 rings (SSSR count). The van der Waals surface area contributed by atoms with Crippen molar-refractivity contribution >= 4 is 5.69 Å². The maximum atomic E-state index is 4.57. The smallest absolute Gasteiger partial charge is 0.165 e. The van der Waals surface area contributed by atoms with Crippen LogP contribution in [0.4, 0.5) is 5.69 Å². The summed E-state index contributed by atoms with van der Waals surface area (Å²) in [5, 5.41) is 9.13. The predicted molar refractivity (Wildman–Crippen MR) is 104 cm³/mol. The van der Waals surface area contributed by atoms with Gasteiger partial charge < -0.3 is 9.47 Å². The summed E-state index contributed by atoms with van der Waals surface area (Å²) in [4.78, 5) is 6.99. The lowest BCUT2D eigenvalue weighted by atomic mass is 9.87. The molecule has 0 aliphatic carbocycles. The van der Waals surface area contributed by atoms with Crippen LogP contribution in [0, 0.1) is 0 Å². The Morgan fingerprint density at radius 2 is 1.65 bits per heavy atom. The number of rotatable bonds is 4. The van der Waals surface area contributed by atoms with Crippen molar-refractivity contribution in [3.05, 3.63) is 60.2 Å². The van der Waals surface area contributed by atoms with Crippen molar-refractivity contribution in [2.75, 3.05) is 18.0 Å². The van der Waals surface area contributed by atoms with Gasteiger partial charge in [0.25, 0.3) is 0 Å². The molecule has 2 aromatic heterocycles. The van der Waals surface area contributed by atoms with E-state index in [4.69, 9.17) is 0 Å². The Bertz CT molecular complexity index is 892. The zero-order chi connectivity index (χ0) is 18.1. The topological polar surface area (TPSA) is 46.8 Å². The van der Waals surface area contributed by atoms with Gasteiger partial charge in [-0.25, -0.2) is 0 Å². The fourth-order valence-corrected chi connectivity index (χ4v) is 3.85. The third-order valence-electron chi connectivity index (χ3n) is 5.33. The molecule has 0 saturated carbocycles. The quantitative estimate of drug-likeness (QED) is 0.720. The van der Waals surface area contributed by atoms with Crippen molar-refractivity contribution in [2.24, 2.45) is 7.05 Å². The number of para-hydroxylation sites is 1. The Balaban J connectivity index is 1.78. The highest BCUT2D eigenvalue weighted by atomic mass is 15.3. The molecule has 5 heteroatoms. The standard InChI is InChI=1S/C21H25N5/c1-21(2,18-12-6-7-13-22-18)20-24-23-19(25(20)3)16-10-4-5-11-17(16)26-14-8-9-15-26/h4-7,10-13H,8-9,14-15H2,1-3H3. The zero-order valence-electron chi connectivity index (χ0n) is 15.7. The van der Waals surface area contributed by atoms with Crippen LogP contribution in [0.2, 0.25) is 0 Å². The molecule has 5 nitrogen and oxygen atoms in total. The van der Waals surface area contributed by atoms with Crippen LogP contribution in [0.15, 0.2) is 48.7 Å². The van der Waals surface area contributed by atoms with E-state index in [2.05, 4.69) is 69.8 Å². The van der Waals surface area contributed by atoms with E-state index in [0.717, 1.165) is 36.0 Å². The number of hydrogen-bond acceptors (Lipinski definition) is 4. The van der Waals surface area contributed by atoms with Gasteiger partial charge >= 0.3 is 0 Å². The average Bonchev–Trinajstić information content (AvgIpc) is 3.32. The first-order chi connectivity index (χ1) is 12.6. The molecule has 3 aromatic rings. The molecule has 1 aliphatic heterocycles.